The summed E-state index contributed by atoms with van der Waals surface area (Å²) in [4.78, 5) is 11.9. The molecule has 0 bridgehead atoms. The van der Waals surface area contributed by atoms with Gasteiger partial charge in [0.2, 0.25) is 0 Å². The fourth-order valence-electron chi connectivity index (χ4n) is 4.66. The summed E-state index contributed by atoms with van der Waals surface area (Å²) in [7, 11) is 0. The van der Waals surface area contributed by atoms with E-state index >= 15 is 0 Å². The number of aliphatic imine (C=N–C) groups is 2. The van der Waals surface area contributed by atoms with Gasteiger partial charge in [0.25, 0.3) is 0 Å². The first-order valence-electron chi connectivity index (χ1n) is 11.5. The van der Waals surface area contributed by atoms with E-state index in [1.165, 1.54) is 32.1 Å². The van der Waals surface area contributed by atoms with Crippen molar-refractivity contribution in [1.82, 2.24) is 4.98 Å². The second-order valence-electron chi connectivity index (χ2n) is 8.57. The Balaban J connectivity index is 0.000000176. The van der Waals surface area contributed by atoms with Crippen LogP contribution in [0.5, 0.6) is 0 Å². The third kappa shape index (κ3) is 8.69. The van der Waals surface area contributed by atoms with Gasteiger partial charge in [0.1, 0.15) is 0 Å². The highest BCUT2D eigenvalue weighted by Gasteiger charge is 2.25. The van der Waals surface area contributed by atoms with E-state index < -0.39 is 0 Å². The zero-order valence-electron chi connectivity index (χ0n) is 19.1. The van der Waals surface area contributed by atoms with Crippen molar-refractivity contribution in [3.05, 3.63) is 40.5 Å². The third-order valence-electron chi connectivity index (χ3n) is 6.47. The second-order valence-corrected chi connectivity index (χ2v) is 9.42. The zero-order chi connectivity index (χ0) is 24.1. The summed E-state index contributed by atoms with van der Waals surface area (Å²) in [5, 5.41) is 13.7. The molecule has 0 aliphatic heterocycles. The molecule has 1 aromatic heterocycles. The van der Waals surface area contributed by atoms with Crippen LogP contribution in [0, 0.1) is 23.7 Å². The smallest absolute Gasteiger partial charge is 0.0731 e. The fourth-order valence-corrected chi connectivity index (χ4v) is 5.04. The highest BCUT2D eigenvalue weighted by molar-refractivity contribution is 6.36. The minimum atomic E-state index is 0.422. The molecule has 6 nitrogen and oxygen atoms in total. The number of hydrogen-bond acceptors (Lipinski definition) is 6. The molecule has 180 valence electrons. The molecule has 1 heterocycles. The number of aromatic nitrogens is 1. The van der Waals surface area contributed by atoms with Crippen molar-refractivity contribution in [3.8, 4) is 0 Å². The van der Waals surface area contributed by atoms with Crippen molar-refractivity contribution in [2.24, 2.45) is 44.5 Å². The lowest BCUT2D eigenvalue weighted by Crippen LogP contribution is -2.20. The Bertz CT molecular complexity index is 907. The summed E-state index contributed by atoms with van der Waals surface area (Å²) < 4.78 is 0. The number of nitrogens with zero attached hydrogens (tertiary/aromatic N) is 4. The van der Waals surface area contributed by atoms with Gasteiger partial charge in [-0.15, -0.1) is 5.16 Å². The van der Waals surface area contributed by atoms with Crippen molar-refractivity contribution in [1.29, 1.82) is 0 Å². The molecular formula is C25H35Cl2N5O. The molecule has 4 rings (SSSR count). The predicted octanol–water partition coefficient (Wildman–Crippen LogP) is 6.17. The van der Waals surface area contributed by atoms with Crippen LogP contribution in [-0.2, 0) is 0 Å². The van der Waals surface area contributed by atoms with Crippen LogP contribution >= 0.6 is 23.2 Å². The van der Waals surface area contributed by atoms with Crippen LogP contribution in [0.4, 0.5) is 0 Å². The van der Waals surface area contributed by atoms with E-state index in [4.69, 9.17) is 34.1 Å². The largest absolute Gasteiger partial charge is 0.411 e. The molecular weight excluding hydrogens is 457 g/mol. The Morgan fingerprint density at radius 1 is 1.00 bits per heavy atom. The molecule has 3 N–H and O–H groups in total. The normalized spacial score (nSPS) is 24.1. The molecule has 2 aliphatic rings. The number of hydrogen-bond donors (Lipinski definition) is 2. The van der Waals surface area contributed by atoms with E-state index in [2.05, 4.69) is 33.6 Å². The molecule has 2 saturated carbocycles. The average molecular weight is 492 g/mol. The summed E-state index contributed by atoms with van der Waals surface area (Å²) in [6, 6.07) is 7.23. The number of benzene rings is 1. The predicted molar refractivity (Wildman–Crippen MR) is 142 cm³/mol. The van der Waals surface area contributed by atoms with E-state index in [0.29, 0.717) is 21.9 Å². The SMILES string of the molecule is C=NCC1CCCC1/C=N\O.C=NCC1CCCC1CN.Clc1ccc2c(Cl)ccnc2c1. The Morgan fingerprint density at radius 2 is 1.67 bits per heavy atom. The summed E-state index contributed by atoms with van der Waals surface area (Å²) in [5.41, 5.74) is 6.42. The maximum absolute atomic E-state index is 8.34. The number of rotatable bonds is 6. The van der Waals surface area contributed by atoms with Gasteiger partial charge in [0, 0.05) is 41.8 Å². The molecule has 33 heavy (non-hydrogen) atoms. The highest BCUT2D eigenvalue weighted by atomic mass is 35.5. The van der Waals surface area contributed by atoms with Crippen LogP contribution in [-0.4, -0.2) is 49.5 Å². The first-order valence-corrected chi connectivity index (χ1v) is 12.2. The molecule has 2 fully saturated rings. The molecule has 2 aromatic rings. The Labute approximate surface area is 207 Å². The molecule has 4 atom stereocenters. The highest BCUT2D eigenvalue weighted by Crippen LogP contribution is 2.31. The number of halogens is 2. The lowest BCUT2D eigenvalue weighted by atomic mass is 9.97. The number of nitrogens with two attached hydrogens (primary N) is 1. The summed E-state index contributed by atoms with van der Waals surface area (Å²) in [6.45, 7) is 9.52. The second kappa shape index (κ2) is 15.0. The van der Waals surface area contributed by atoms with Crippen LogP contribution in [0.3, 0.4) is 0 Å². The Hall–Kier alpha value is -2.02. The summed E-state index contributed by atoms with van der Waals surface area (Å²) >= 11 is 11.7. The molecule has 0 spiro atoms. The molecule has 1 aromatic carbocycles. The van der Waals surface area contributed by atoms with Crippen molar-refractivity contribution >= 4 is 53.8 Å². The summed E-state index contributed by atoms with van der Waals surface area (Å²) in [5.74, 6) is 2.45. The van der Waals surface area contributed by atoms with Gasteiger partial charge in [-0.1, -0.05) is 36.0 Å². The zero-order valence-corrected chi connectivity index (χ0v) is 20.6. The van der Waals surface area contributed by atoms with Gasteiger partial charge < -0.3 is 20.9 Å². The number of fused-ring (bicyclic) bond motifs is 1. The van der Waals surface area contributed by atoms with E-state index in [-0.39, 0.29) is 0 Å². The van der Waals surface area contributed by atoms with Crippen LogP contribution < -0.4 is 5.73 Å². The molecule has 2 aliphatic carbocycles. The van der Waals surface area contributed by atoms with E-state index in [9.17, 15) is 0 Å². The fraction of sp³-hybridized carbons (Fsp3) is 0.520. The standard InChI is InChI=1S/C9H5Cl2N.C8H14N2O.C8H16N2/c10-6-1-2-7-8(11)3-4-12-9(7)5-6;1-9-5-7-3-2-4-8(7)6-10-11;1-10-6-8-4-2-3-7(8)5-9/h1-5H;6-8,11H,1-5H2;7-8H,1-6,9H2/b;10-6-;. The van der Waals surface area contributed by atoms with Gasteiger partial charge in [-0.25, -0.2) is 0 Å². The van der Waals surface area contributed by atoms with Crippen molar-refractivity contribution in [2.45, 2.75) is 38.5 Å². The summed E-state index contributed by atoms with van der Waals surface area (Å²) in [6.07, 6.45) is 10.8. The number of pyridine rings is 1. The number of oxime groups is 1. The first kappa shape index (κ1) is 27.2. The van der Waals surface area contributed by atoms with Gasteiger partial charge in [-0.2, -0.15) is 0 Å². The van der Waals surface area contributed by atoms with Crippen molar-refractivity contribution in [2.75, 3.05) is 19.6 Å². The lowest BCUT2D eigenvalue weighted by molar-refractivity contribution is 0.315. The van der Waals surface area contributed by atoms with Crippen LogP contribution in [0.2, 0.25) is 10.0 Å². The van der Waals surface area contributed by atoms with E-state index in [1.54, 1.807) is 30.6 Å². The van der Waals surface area contributed by atoms with Crippen LogP contribution in [0.25, 0.3) is 10.9 Å². The molecule has 0 amide bonds. The minimum absolute atomic E-state index is 0.422. The Morgan fingerprint density at radius 3 is 2.36 bits per heavy atom. The van der Waals surface area contributed by atoms with E-state index in [0.717, 1.165) is 48.8 Å². The van der Waals surface area contributed by atoms with Gasteiger partial charge in [0.15, 0.2) is 0 Å². The van der Waals surface area contributed by atoms with Gasteiger partial charge in [-0.05, 0) is 87.7 Å². The van der Waals surface area contributed by atoms with Gasteiger partial charge >= 0.3 is 0 Å². The average Bonchev–Trinajstić information content (AvgIpc) is 3.45. The quantitative estimate of drug-likeness (QED) is 0.287. The maximum Gasteiger partial charge on any atom is 0.0731 e. The molecule has 0 saturated heterocycles. The van der Waals surface area contributed by atoms with Gasteiger partial charge in [0.05, 0.1) is 10.5 Å². The van der Waals surface area contributed by atoms with Crippen LogP contribution in [0.1, 0.15) is 38.5 Å². The maximum atomic E-state index is 8.34. The molecule has 4 unspecified atom stereocenters. The topological polar surface area (TPSA) is 96.2 Å². The van der Waals surface area contributed by atoms with Crippen LogP contribution in [0.15, 0.2) is 45.6 Å². The molecule has 8 heteroatoms. The molecule has 0 radical (unpaired) electrons. The monoisotopic (exact) mass is 491 g/mol. The van der Waals surface area contributed by atoms with Gasteiger partial charge in [-0.3, -0.25) is 4.98 Å². The lowest BCUT2D eigenvalue weighted by Gasteiger charge is -2.14. The van der Waals surface area contributed by atoms with E-state index in [1.807, 2.05) is 6.07 Å². The third-order valence-corrected chi connectivity index (χ3v) is 7.04. The Kier molecular flexibility index (Phi) is 12.4. The first-order chi connectivity index (χ1) is 16.0. The minimum Gasteiger partial charge on any atom is -0.411 e. The van der Waals surface area contributed by atoms with Crippen molar-refractivity contribution in [3.63, 3.8) is 0 Å². The van der Waals surface area contributed by atoms with Crippen molar-refractivity contribution < 1.29 is 5.21 Å².